The highest BCUT2D eigenvalue weighted by atomic mass is 32.2. The number of thioether (sulfide) groups is 2. The highest BCUT2D eigenvalue weighted by Gasteiger charge is 2.70. The average molecular weight is 1100 g/mol. The van der Waals surface area contributed by atoms with Gasteiger partial charge in [0.25, 0.3) is 11.8 Å². The van der Waals surface area contributed by atoms with Crippen molar-refractivity contribution in [3.63, 3.8) is 0 Å². The largest absolute Gasteiger partial charge is 0.508 e. The molecule has 0 radical (unpaired) electrons. The van der Waals surface area contributed by atoms with Crippen molar-refractivity contribution in [1.29, 1.82) is 0 Å². The van der Waals surface area contributed by atoms with Crippen LogP contribution < -0.4 is 10.6 Å². The van der Waals surface area contributed by atoms with Crippen molar-refractivity contribution in [2.45, 2.75) is 67.6 Å². The van der Waals surface area contributed by atoms with Crippen LogP contribution in [0.1, 0.15) is 51.5 Å². The van der Waals surface area contributed by atoms with E-state index in [4.69, 9.17) is 0 Å². The molecule has 0 aliphatic carbocycles. The summed E-state index contributed by atoms with van der Waals surface area (Å²) in [5, 5.41) is 57.5. The summed E-state index contributed by atoms with van der Waals surface area (Å²) in [4.78, 5) is 140. The van der Waals surface area contributed by atoms with Crippen molar-refractivity contribution < 1.29 is 68.4 Å². The summed E-state index contributed by atoms with van der Waals surface area (Å²) in [5.74, 6) is -9.15. The zero-order chi connectivity index (χ0) is 55.5. The second-order valence-corrected chi connectivity index (χ2v) is 21.3. The molecule has 4 aliphatic rings. The third kappa shape index (κ3) is 13.7. The second-order valence-electron chi connectivity index (χ2n) is 19.0. The number of carboxylic acid groups (broad SMARTS) is 3. The number of aldehydes is 1. The smallest absolute Gasteiger partial charge is 0.320 e. The molecule has 0 spiro atoms. The van der Waals surface area contributed by atoms with Crippen LogP contribution in [-0.4, -0.2) is 261 Å². The Morgan fingerprint density at radius 1 is 0.855 bits per heavy atom. The molecule has 1 aromatic carbocycles. The Kier molecular flexibility index (Phi) is 20.1. The number of carboxylic acids is 3. The maximum absolute atomic E-state index is 14.7. The number of hydrogen-bond donors (Lipinski definition) is 6. The molecule has 6 amide bonds. The topological polar surface area (TPSA) is 342 Å². The van der Waals surface area contributed by atoms with Crippen molar-refractivity contribution in [2.75, 3.05) is 110 Å². The van der Waals surface area contributed by atoms with Crippen LogP contribution in [0.15, 0.2) is 40.7 Å². The number of phenols is 1. The summed E-state index contributed by atoms with van der Waals surface area (Å²) in [6.07, 6.45) is 0.310. The summed E-state index contributed by atoms with van der Waals surface area (Å²) in [7, 11) is 1.64. The molecule has 0 saturated carbocycles. The number of tetrazole rings is 1. The summed E-state index contributed by atoms with van der Waals surface area (Å²) in [5.41, 5.74) is -0.863. The van der Waals surface area contributed by atoms with Crippen LogP contribution in [-0.2, 0) is 55.0 Å². The normalized spacial score (nSPS) is 22.4. The minimum absolute atomic E-state index is 0.00817. The number of phenolic OH excluding ortho intramolecular Hbond substituents is 1. The van der Waals surface area contributed by atoms with Gasteiger partial charge in [0.15, 0.2) is 0 Å². The van der Waals surface area contributed by atoms with Gasteiger partial charge >= 0.3 is 29.7 Å². The molecule has 1 unspecified atom stereocenters. The molecular weight excluding hydrogens is 1030 g/mol. The Labute approximate surface area is 446 Å². The van der Waals surface area contributed by atoms with Crippen LogP contribution in [0.2, 0.25) is 0 Å². The lowest BCUT2D eigenvalue weighted by molar-refractivity contribution is -0.164. The molecular formula is C47H65N13O14S2. The maximum atomic E-state index is 14.7. The number of likely N-dealkylation sites (N-methyl/N-ethyl adjacent to an activating group) is 1. The lowest BCUT2D eigenvalue weighted by Gasteiger charge is -2.63. The van der Waals surface area contributed by atoms with E-state index in [1.807, 2.05) is 0 Å². The second kappa shape index (κ2) is 26.0. The van der Waals surface area contributed by atoms with E-state index < -0.39 is 82.1 Å². The molecule has 5 heterocycles. The summed E-state index contributed by atoms with van der Waals surface area (Å²) in [6, 6.07) is 4.40. The summed E-state index contributed by atoms with van der Waals surface area (Å²) < 4.78 is 1.44. The quantitative estimate of drug-likeness (QED) is 0.0239. The molecule has 414 valence electrons. The van der Waals surface area contributed by atoms with Crippen LogP contribution in [0.25, 0.3) is 0 Å². The number of aromatic hydroxyl groups is 1. The molecule has 3 fully saturated rings. The fraction of sp³-hybridized carbons (Fsp3) is 0.596. The first-order valence-electron chi connectivity index (χ1n) is 24.7. The molecule has 2 aromatic rings. The Morgan fingerprint density at radius 3 is 2.05 bits per heavy atom. The molecule has 4 aliphatic heterocycles. The van der Waals surface area contributed by atoms with Gasteiger partial charge in [-0.1, -0.05) is 23.9 Å². The number of nitrogens with one attached hydrogen (secondary N) is 2. The third-order valence-electron chi connectivity index (χ3n) is 14.2. The molecule has 4 atom stereocenters. The maximum Gasteiger partial charge on any atom is 0.320 e. The highest BCUT2D eigenvalue weighted by molar-refractivity contribution is 8.01. The average Bonchev–Trinajstić information content (AvgIpc) is 3.79. The van der Waals surface area contributed by atoms with Crippen molar-refractivity contribution in [1.82, 2.24) is 65.1 Å². The molecule has 6 N–H and O–H groups in total. The van der Waals surface area contributed by atoms with Crippen molar-refractivity contribution in [3.05, 3.63) is 41.1 Å². The number of benzene rings is 1. The lowest BCUT2D eigenvalue weighted by Crippen LogP contribution is -2.85. The summed E-state index contributed by atoms with van der Waals surface area (Å²) in [6.45, 7) is 6.14. The molecule has 3 saturated heterocycles. The van der Waals surface area contributed by atoms with Crippen LogP contribution in [0, 0.1) is 0 Å². The van der Waals surface area contributed by atoms with E-state index in [2.05, 4.69) is 26.2 Å². The molecule has 1 aromatic heterocycles. The van der Waals surface area contributed by atoms with Gasteiger partial charge in [0.05, 0.1) is 25.6 Å². The number of carbonyl (C=O) groups excluding carboxylic acids is 7. The Hall–Kier alpha value is -6.53. The number of imide groups is 1. The van der Waals surface area contributed by atoms with Crippen molar-refractivity contribution >= 4 is 83.2 Å². The zero-order valence-electron chi connectivity index (χ0n) is 42.8. The first kappa shape index (κ1) is 58.7. The van der Waals surface area contributed by atoms with Gasteiger partial charge in [-0.25, -0.2) is 4.68 Å². The first-order valence-corrected chi connectivity index (χ1v) is 26.7. The van der Waals surface area contributed by atoms with Gasteiger partial charge in [-0.05, 0) is 67.3 Å². The van der Waals surface area contributed by atoms with Gasteiger partial charge in [-0.15, -0.1) is 16.9 Å². The van der Waals surface area contributed by atoms with Gasteiger partial charge in [0.2, 0.25) is 17.0 Å². The standard InChI is InChI=1S/C47H65N13O14S2/c1-5-57-21-22-59(42(71)41(57)70)35(63)25-33(30-8-10-32(62)11-9-30)39(68)49-46(2)44(74)60-38(31(29-76-47(46,60)3)28-75-45-50-51-52-53(45)4)40(69)48-12-6-7-34(43(72)73)58-19-17-54(23-24-61)13-14-55(26-36(64)65)15-16-56(18-20-58)27-37(66)67/h8-11,24,33-34,62H,5-7,12-23,25-29H2,1-4H3,(H,48,69)(H,49,68)(H,64,65)(H,66,67)(H,72,73)/t33-,34?,46+,47+/m0/s1. The lowest BCUT2D eigenvalue weighted by atomic mass is 9.78. The fourth-order valence-electron chi connectivity index (χ4n) is 9.60. The summed E-state index contributed by atoms with van der Waals surface area (Å²) >= 11 is 2.51. The third-order valence-corrected chi connectivity index (χ3v) is 16.9. The van der Waals surface area contributed by atoms with E-state index in [1.54, 1.807) is 40.5 Å². The number of aliphatic carboxylic acids is 3. The number of carbonyl (C=O) groups is 10. The zero-order valence-corrected chi connectivity index (χ0v) is 44.4. The highest BCUT2D eigenvalue weighted by Crippen LogP contribution is 2.55. The van der Waals surface area contributed by atoms with E-state index in [9.17, 15) is 68.4 Å². The van der Waals surface area contributed by atoms with E-state index in [1.165, 1.54) is 69.2 Å². The number of piperazine rings is 1. The minimum atomic E-state index is -1.68. The van der Waals surface area contributed by atoms with Crippen molar-refractivity contribution in [3.8, 4) is 5.75 Å². The molecule has 27 nitrogen and oxygen atoms in total. The van der Waals surface area contributed by atoms with Crippen LogP contribution in [0.5, 0.6) is 5.75 Å². The number of hydrogen-bond acceptors (Lipinski definition) is 20. The number of rotatable bonds is 22. The van der Waals surface area contributed by atoms with Gasteiger partial charge in [-0.2, -0.15) is 0 Å². The van der Waals surface area contributed by atoms with Gasteiger partial charge in [-0.3, -0.25) is 72.6 Å². The Morgan fingerprint density at radius 2 is 1.47 bits per heavy atom. The van der Waals surface area contributed by atoms with Gasteiger partial charge in [0, 0.05) is 104 Å². The van der Waals surface area contributed by atoms with Crippen LogP contribution in [0.4, 0.5) is 0 Å². The van der Waals surface area contributed by atoms with E-state index in [0.717, 1.165) is 4.90 Å². The Balaban J connectivity index is 1.19. The minimum Gasteiger partial charge on any atom is -0.508 e. The molecule has 29 heteroatoms. The van der Waals surface area contributed by atoms with Crippen molar-refractivity contribution in [2.24, 2.45) is 7.05 Å². The predicted molar refractivity (Wildman–Crippen MR) is 271 cm³/mol. The molecule has 6 rings (SSSR count). The monoisotopic (exact) mass is 1100 g/mol. The SMILES string of the molecule is CCN1CCN(C(=O)C[C@H](C(=O)N[C@]2(C)C(=O)N3C(C(=O)NCCCC(C(=O)O)N4CCN(CC=O)CCN(CC(=O)O)CCN(CC(=O)O)CC4)=C(CSc4nnnn4C)CS[C@@]32C)c2ccc(O)cc2)C(=O)C1=O. The van der Waals surface area contributed by atoms with Gasteiger partial charge in [0.1, 0.15) is 34.2 Å². The number of aryl methyl sites for hydroxylation is 1. The molecule has 76 heavy (non-hydrogen) atoms. The number of fused-ring (bicyclic) bond motifs is 1. The Bertz CT molecular complexity index is 2570. The van der Waals surface area contributed by atoms with Crippen LogP contribution in [0.3, 0.4) is 0 Å². The van der Waals surface area contributed by atoms with Crippen LogP contribution >= 0.6 is 23.5 Å². The predicted octanol–water partition coefficient (Wildman–Crippen LogP) is -2.23. The first-order chi connectivity index (χ1) is 36.1. The van der Waals surface area contributed by atoms with E-state index in [0.29, 0.717) is 23.6 Å². The van der Waals surface area contributed by atoms with E-state index >= 15 is 0 Å². The number of β-lactam (4-membered cyclic amide) rings is 1. The number of amides is 6. The molecule has 0 bridgehead atoms. The van der Waals surface area contributed by atoms with E-state index in [-0.39, 0.29) is 133 Å². The number of aromatic nitrogens is 4. The fourth-order valence-corrected chi connectivity index (χ4v) is 12.0. The number of nitrogens with zero attached hydrogens (tertiary/aromatic N) is 11. The van der Waals surface area contributed by atoms with Gasteiger partial charge < -0.3 is 40.8 Å².